The lowest BCUT2D eigenvalue weighted by Crippen LogP contribution is -2.28. The molecule has 0 saturated carbocycles. The molecule has 0 saturated heterocycles. The minimum absolute atomic E-state index is 0.183. The summed E-state index contributed by atoms with van der Waals surface area (Å²) in [7, 11) is 0. The molecular weight excluding hydrogens is 257 g/mol. The molecule has 0 fully saturated rings. The molecule has 1 N–H and O–H groups in total. The van der Waals surface area contributed by atoms with Crippen LogP contribution in [-0.4, -0.2) is 0 Å². The van der Waals surface area contributed by atoms with Gasteiger partial charge in [-0.3, -0.25) is 0 Å². The van der Waals surface area contributed by atoms with E-state index in [1.165, 1.54) is 17.0 Å². The number of benzene rings is 1. The Bertz CT molecular complexity index is 490. The van der Waals surface area contributed by atoms with Gasteiger partial charge in [0.25, 0.3) is 0 Å². The Morgan fingerprint density at radius 2 is 1.74 bits per heavy atom. The van der Waals surface area contributed by atoms with Crippen LogP contribution < -0.4 is 5.32 Å². The molecule has 1 aromatic heterocycles. The largest absolute Gasteiger partial charge is 0.302 e. The maximum atomic E-state index is 13.0. The fraction of sp³-hybridized carbons (Fsp3) is 0.375. The molecular formula is C16H20FNS. The van der Waals surface area contributed by atoms with Crippen molar-refractivity contribution in [1.29, 1.82) is 0 Å². The van der Waals surface area contributed by atoms with Gasteiger partial charge < -0.3 is 5.32 Å². The molecule has 0 spiro atoms. The third kappa shape index (κ3) is 3.64. The fourth-order valence-corrected chi connectivity index (χ4v) is 2.98. The first-order valence-electron chi connectivity index (χ1n) is 6.63. The van der Waals surface area contributed by atoms with Crippen LogP contribution in [0.3, 0.4) is 0 Å². The van der Waals surface area contributed by atoms with Gasteiger partial charge in [0.05, 0.1) is 0 Å². The van der Waals surface area contributed by atoms with Crippen LogP contribution in [0.2, 0.25) is 0 Å². The van der Waals surface area contributed by atoms with Gasteiger partial charge in [0, 0.05) is 17.0 Å². The van der Waals surface area contributed by atoms with Crippen LogP contribution in [0.15, 0.2) is 41.8 Å². The second-order valence-corrected chi connectivity index (χ2v) is 6.16. The molecule has 0 aliphatic heterocycles. The summed E-state index contributed by atoms with van der Waals surface area (Å²) in [5.74, 6) is 0.269. The SMILES string of the molecule is CC(NC(c1ccc(F)cc1)C(C)C)c1cccs1. The minimum Gasteiger partial charge on any atom is -0.302 e. The van der Waals surface area contributed by atoms with Gasteiger partial charge in [-0.2, -0.15) is 0 Å². The van der Waals surface area contributed by atoms with Gasteiger partial charge in [-0.25, -0.2) is 4.39 Å². The molecule has 0 aliphatic carbocycles. The highest BCUT2D eigenvalue weighted by Gasteiger charge is 2.19. The molecule has 2 rings (SSSR count). The molecule has 2 atom stereocenters. The van der Waals surface area contributed by atoms with Crippen molar-refractivity contribution in [2.45, 2.75) is 32.9 Å². The standard InChI is InChI=1S/C16H20FNS/c1-11(2)16(13-6-8-14(17)9-7-13)18-12(3)15-5-4-10-19-15/h4-12,16,18H,1-3H3. The Kier molecular flexibility index (Phi) is 4.72. The van der Waals surface area contributed by atoms with Crippen LogP contribution in [0.1, 0.15) is 43.3 Å². The van der Waals surface area contributed by atoms with Gasteiger partial charge in [-0.05, 0) is 42.0 Å². The maximum absolute atomic E-state index is 13.0. The normalized spacial score (nSPS) is 14.6. The molecule has 0 radical (unpaired) electrons. The van der Waals surface area contributed by atoms with Crippen molar-refractivity contribution in [2.75, 3.05) is 0 Å². The van der Waals surface area contributed by atoms with E-state index in [0.717, 1.165) is 5.56 Å². The predicted molar refractivity (Wildman–Crippen MR) is 79.8 cm³/mol. The summed E-state index contributed by atoms with van der Waals surface area (Å²) in [4.78, 5) is 1.33. The van der Waals surface area contributed by atoms with E-state index in [-0.39, 0.29) is 11.9 Å². The van der Waals surface area contributed by atoms with Crippen LogP contribution >= 0.6 is 11.3 Å². The number of halogens is 1. The Morgan fingerprint density at radius 3 is 2.26 bits per heavy atom. The van der Waals surface area contributed by atoms with Gasteiger partial charge in [0.1, 0.15) is 5.82 Å². The van der Waals surface area contributed by atoms with Crippen molar-refractivity contribution in [2.24, 2.45) is 5.92 Å². The summed E-state index contributed by atoms with van der Waals surface area (Å²) in [5, 5.41) is 5.74. The van der Waals surface area contributed by atoms with E-state index in [0.29, 0.717) is 12.0 Å². The van der Waals surface area contributed by atoms with E-state index in [9.17, 15) is 4.39 Å². The third-order valence-electron chi connectivity index (χ3n) is 3.30. The first kappa shape index (κ1) is 14.2. The molecule has 1 nitrogen and oxygen atoms in total. The molecule has 1 aromatic carbocycles. The van der Waals surface area contributed by atoms with E-state index in [1.807, 2.05) is 12.1 Å². The monoisotopic (exact) mass is 277 g/mol. The van der Waals surface area contributed by atoms with Crippen LogP contribution in [-0.2, 0) is 0 Å². The maximum Gasteiger partial charge on any atom is 0.123 e. The van der Waals surface area contributed by atoms with E-state index in [4.69, 9.17) is 0 Å². The van der Waals surface area contributed by atoms with Crippen LogP contribution in [0.4, 0.5) is 4.39 Å². The summed E-state index contributed by atoms with van der Waals surface area (Å²) >= 11 is 1.76. The smallest absolute Gasteiger partial charge is 0.123 e. The summed E-state index contributed by atoms with van der Waals surface area (Å²) in [6, 6.07) is 11.5. The molecule has 2 aromatic rings. The highest BCUT2D eigenvalue weighted by atomic mass is 32.1. The topological polar surface area (TPSA) is 12.0 Å². The lowest BCUT2D eigenvalue weighted by molar-refractivity contribution is 0.376. The first-order chi connectivity index (χ1) is 9.08. The van der Waals surface area contributed by atoms with Crippen molar-refractivity contribution >= 4 is 11.3 Å². The number of rotatable bonds is 5. The molecule has 0 aliphatic rings. The Hall–Kier alpha value is -1.19. The van der Waals surface area contributed by atoms with E-state index < -0.39 is 0 Å². The van der Waals surface area contributed by atoms with Gasteiger partial charge in [-0.15, -0.1) is 11.3 Å². The average molecular weight is 277 g/mol. The molecule has 0 amide bonds. The number of nitrogens with one attached hydrogen (secondary N) is 1. The van der Waals surface area contributed by atoms with Crippen LogP contribution in [0.5, 0.6) is 0 Å². The van der Waals surface area contributed by atoms with Crippen molar-refractivity contribution in [1.82, 2.24) is 5.32 Å². The van der Waals surface area contributed by atoms with Gasteiger partial charge in [0.2, 0.25) is 0 Å². The van der Waals surface area contributed by atoms with Gasteiger partial charge in [-0.1, -0.05) is 32.0 Å². The van der Waals surface area contributed by atoms with Crippen LogP contribution in [0.25, 0.3) is 0 Å². The van der Waals surface area contributed by atoms with Crippen molar-refractivity contribution in [3.05, 3.63) is 58.0 Å². The summed E-state index contributed by atoms with van der Waals surface area (Å²) in [5.41, 5.74) is 1.14. The van der Waals surface area contributed by atoms with Gasteiger partial charge >= 0.3 is 0 Å². The molecule has 102 valence electrons. The van der Waals surface area contributed by atoms with E-state index >= 15 is 0 Å². The zero-order valence-electron chi connectivity index (χ0n) is 11.6. The third-order valence-corrected chi connectivity index (χ3v) is 4.35. The van der Waals surface area contributed by atoms with Crippen molar-refractivity contribution in [3.8, 4) is 0 Å². The first-order valence-corrected chi connectivity index (χ1v) is 7.51. The molecule has 0 bridgehead atoms. The van der Waals surface area contributed by atoms with Crippen molar-refractivity contribution < 1.29 is 4.39 Å². The number of hydrogen-bond acceptors (Lipinski definition) is 2. The average Bonchev–Trinajstić information content (AvgIpc) is 2.90. The minimum atomic E-state index is -0.183. The highest BCUT2D eigenvalue weighted by Crippen LogP contribution is 2.27. The second kappa shape index (κ2) is 6.31. The Morgan fingerprint density at radius 1 is 1.05 bits per heavy atom. The zero-order chi connectivity index (χ0) is 13.8. The lowest BCUT2D eigenvalue weighted by Gasteiger charge is -2.26. The molecule has 3 heteroatoms. The molecule has 2 unspecified atom stereocenters. The highest BCUT2D eigenvalue weighted by molar-refractivity contribution is 7.10. The quantitative estimate of drug-likeness (QED) is 0.816. The Labute approximate surface area is 118 Å². The van der Waals surface area contributed by atoms with E-state index in [2.05, 4.69) is 43.6 Å². The summed E-state index contributed by atoms with van der Waals surface area (Å²) in [6.45, 7) is 6.54. The molecule has 19 heavy (non-hydrogen) atoms. The Balaban J connectivity index is 2.14. The predicted octanol–water partition coefficient (Wildman–Crippen LogP) is 4.94. The van der Waals surface area contributed by atoms with Crippen molar-refractivity contribution in [3.63, 3.8) is 0 Å². The summed E-state index contributed by atoms with van der Waals surface area (Å²) < 4.78 is 13.0. The number of hydrogen-bond donors (Lipinski definition) is 1. The second-order valence-electron chi connectivity index (χ2n) is 5.18. The molecule has 1 heterocycles. The fourth-order valence-electron chi connectivity index (χ4n) is 2.23. The number of thiophene rings is 1. The lowest BCUT2D eigenvalue weighted by atomic mass is 9.95. The summed E-state index contributed by atoms with van der Waals surface area (Å²) in [6.07, 6.45) is 0. The van der Waals surface area contributed by atoms with Gasteiger partial charge in [0.15, 0.2) is 0 Å². The van der Waals surface area contributed by atoms with E-state index in [1.54, 1.807) is 11.3 Å². The van der Waals surface area contributed by atoms with Crippen LogP contribution in [0, 0.1) is 11.7 Å². The zero-order valence-corrected chi connectivity index (χ0v) is 12.4.